The zero-order chi connectivity index (χ0) is 21.8. The van der Waals surface area contributed by atoms with Crippen LogP contribution < -0.4 is 5.32 Å². The van der Waals surface area contributed by atoms with Gasteiger partial charge in [-0.1, -0.05) is 29.8 Å². The Labute approximate surface area is 192 Å². The molecule has 3 aromatic carbocycles. The monoisotopic (exact) mass is 461 g/mol. The van der Waals surface area contributed by atoms with Crippen molar-refractivity contribution in [3.63, 3.8) is 0 Å². The van der Waals surface area contributed by atoms with Gasteiger partial charge in [0, 0.05) is 29.4 Å². The van der Waals surface area contributed by atoms with Crippen LogP contribution in [0.15, 0.2) is 66.2 Å². The highest BCUT2D eigenvalue weighted by Gasteiger charge is 2.24. The van der Waals surface area contributed by atoms with Crippen molar-refractivity contribution in [1.82, 2.24) is 9.88 Å². The fraction of sp³-hybridized carbons (Fsp3) is 0.0800. The largest absolute Gasteiger partial charge is 0.359 e. The van der Waals surface area contributed by atoms with E-state index in [9.17, 15) is 9.18 Å². The maximum Gasteiger partial charge on any atom is 0.322 e. The third kappa shape index (κ3) is 3.23. The van der Waals surface area contributed by atoms with Gasteiger partial charge in [-0.3, -0.25) is 0 Å². The predicted octanol–water partition coefficient (Wildman–Crippen LogP) is 7.39. The Bertz CT molecular complexity index is 1520. The molecule has 0 atom stereocenters. The molecule has 0 saturated heterocycles. The van der Waals surface area contributed by atoms with E-state index in [-0.39, 0.29) is 11.1 Å². The highest BCUT2D eigenvalue weighted by Crippen LogP contribution is 2.33. The second-order valence-corrected chi connectivity index (χ2v) is 9.31. The van der Waals surface area contributed by atoms with E-state index < -0.39 is 5.82 Å². The summed E-state index contributed by atoms with van der Waals surface area (Å²) in [5, 5.41) is 6.97. The van der Waals surface area contributed by atoms with Crippen LogP contribution in [0.1, 0.15) is 11.1 Å². The molecule has 2 N–H and O–H groups in total. The van der Waals surface area contributed by atoms with Crippen LogP contribution in [-0.2, 0) is 13.1 Å². The molecule has 7 heteroatoms. The second kappa shape index (κ2) is 7.36. The van der Waals surface area contributed by atoms with Gasteiger partial charge >= 0.3 is 6.03 Å². The maximum absolute atomic E-state index is 13.7. The summed E-state index contributed by atoms with van der Waals surface area (Å²) in [7, 11) is 0. The van der Waals surface area contributed by atoms with Gasteiger partial charge in [-0.2, -0.15) is 0 Å². The minimum absolute atomic E-state index is 0.0225. The highest BCUT2D eigenvalue weighted by molar-refractivity contribution is 7.17. The molecule has 0 spiro atoms. The predicted molar refractivity (Wildman–Crippen MR) is 129 cm³/mol. The van der Waals surface area contributed by atoms with Crippen molar-refractivity contribution < 1.29 is 9.18 Å². The fourth-order valence-corrected chi connectivity index (χ4v) is 5.21. The van der Waals surface area contributed by atoms with Gasteiger partial charge in [-0.25, -0.2) is 9.18 Å². The minimum Gasteiger partial charge on any atom is -0.359 e. The first kappa shape index (κ1) is 19.3. The minimum atomic E-state index is -0.497. The molecule has 4 nitrogen and oxygen atoms in total. The number of rotatable bonds is 2. The number of thiophene rings is 1. The Morgan fingerprint density at radius 3 is 2.75 bits per heavy atom. The molecule has 6 rings (SSSR count). The van der Waals surface area contributed by atoms with Gasteiger partial charge in [0.15, 0.2) is 0 Å². The average molecular weight is 462 g/mol. The molecule has 32 heavy (non-hydrogen) atoms. The molecule has 0 bridgehead atoms. The summed E-state index contributed by atoms with van der Waals surface area (Å²) in [6.07, 6.45) is 1.65. The normalized spacial score (nSPS) is 13.1. The molecule has 1 aliphatic rings. The van der Waals surface area contributed by atoms with Gasteiger partial charge in [0.25, 0.3) is 0 Å². The van der Waals surface area contributed by atoms with Crippen LogP contribution in [0.2, 0.25) is 5.02 Å². The molecule has 0 fully saturated rings. The lowest BCUT2D eigenvalue weighted by atomic mass is 10.00. The lowest BCUT2D eigenvalue weighted by Crippen LogP contribution is -2.30. The second-order valence-electron chi connectivity index (χ2n) is 7.96. The van der Waals surface area contributed by atoms with Crippen molar-refractivity contribution in [2.75, 3.05) is 5.32 Å². The molecule has 2 aromatic heterocycles. The Balaban J connectivity index is 1.23. The van der Waals surface area contributed by atoms with E-state index in [2.05, 4.69) is 58.1 Å². The number of halogens is 2. The van der Waals surface area contributed by atoms with E-state index in [1.165, 1.54) is 27.8 Å². The maximum atomic E-state index is 13.7. The molecule has 3 heterocycles. The smallest absolute Gasteiger partial charge is 0.322 e. The first-order chi connectivity index (χ1) is 15.5. The first-order valence-corrected chi connectivity index (χ1v) is 11.4. The van der Waals surface area contributed by atoms with Gasteiger partial charge in [0.2, 0.25) is 0 Å². The zero-order valence-electron chi connectivity index (χ0n) is 16.8. The fourth-order valence-electron chi connectivity index (χ4n) is 4.28. The number of aromatic nitrogens is 1. The van der Waals surface area contributed by atoms with Gasteiger partial charge in [0.1, 0.15) is 5.82 Å². The Kier molecular flexibility index (Phi) is 4.45. The van der Waals surface area contributed by atoms with Crippen molar-refractivity contribution in [2.45, 2.75) is 13.1 Å². The molecule has 0 radical (unpaired) electrons. The SMILES string of the molecule is O=C(Nc1c[nH]c2cc(F)c(Cl)cc12)N1Cc2ccc(-c3ccc4sccc4c3)cc2C1. The number of anilines is 1. The van der Waals surface area contributed by atoms with Gasteiger partial charge in [0.05, 0.1) is 16.2 Å². The summed E-state index contributed by atoms with van der Waals surface area (Å²) in [5.41, 5.74) is 5.76. The van der Waals surface area contributed by atoms with E-state index in [0.717, 1.165) is 16.7 Å². The number of H-pyrrole nitrogens is 1. The molecule has 2 amide bonds. The van der Waals surface area contributed by atoms with Gasteiger partial charge in [-0.05, 0) is 69.4 Å². The number of urea groups is 1. The molecule has 0 unspecified atom stereocenters. The molecule has 158 valence electrons. The van der Waals surface area contributed by atoms with E-state index in [0.29, 0.717) is 29.7 Å². The molecule has 0 saturated carbocycles. The lowest BCUT2D eigenvalue weighted by molar-refractivity contribution is 0.212. The van der Waals surface area contributed by atoms with Crippen LogP contribution in [0, 0.1) is 5.82 Å². The van der Waals surface area contributed by atoms with Crippen LogP contribution >= 0.6 is 22.9 Å². The number of fused-ring (bicyclic) bond motifs is 3. The van der Waals surface area contributed by atoms with Crippen LogP contribution in [0.3, 0.4) is 0 Å². The summed E-state index contributed by atoms with van der Waals surface area (Å²) >= 11 is 7.66. The Hall–Kier alpha value is -3.35. The van der Waals surface area contributed by atoms with Crippen molar-refractivity contribution >= 4 is 55.6 Å². The van der Waals surface area contributed by atoms with E-state index in [4.69, 9.17) is 11.6 Å². The third-order valence-electron chi connectivity index (χ3n) is 5.97. The number of benzene rings is 3. The quantitative estimate of drug-likeness (QED) is 0.283. The number of amides is 2. The third-order valence-corrected chi connectivity index (χ3v) is 7.15. The summed E-state index contributed by atoms with van der Waals surface area (Å²) in [6.45, 7) is 1.08. The van der Waals surface area contributed by atoms with Gasteiger partial charge < -0.3 is 15.2 Å². The molecule has 5 aromatic rings. The summed E-state index contributed by atoms with van der Waals surface area (Å²) < 4.78 is 15.0. The lowest BCUT2D eigenvalue weighted by Gasteiger charge is -2.16. The summed E-state index contributed by atoms with van der Waals surface area (Å²) in [5.74, 6) is -0.497. The Morgan fingerprint density at radius 2 is 1.84 bits per heavy atom. The van der Waals surface area contributed by atoms with Crippen molar-refractivity contribution in [1.29, 1.82) is 0 Å². The summed E-state index contributed by atoms with van der Waals surface area (Å²) in [6, 6.07) is 17.7. The van der Waals surface area contributed by atoms with E-state index in [1.54, 1.807) is 22.4 Å². The van der Waals surface area contributed by atoms with Crippen LogP contribution in [0.5, 0.6) is 0 Å². The highest BCUT2D eigenvalue weighted by atomic mass is 35.5. The number of nitrogens with one attached hydrogen (secondary N) is 2. The van der Waals surface area contributed by atoms with Crippen LogP contribution in [0.4, 0.5) is 14.9 Å². The molecule has 1 aliphatic heterocycles. The zero-order valence-corrected chi connectivity index (χ0v) is 18.4. The molecular weight excluding hydrogens is 445 g/mol. The molecule has 0 aliphatic carbocycles. The number of carbonyl (C=O) groups excluding carboxylic acids is 1. The average Bonchev–Trinajstić information content (AvgIpc) is 3.52. The van der Waals surface area contributed by atoms with Crippen molar-refractivity contribution in [2.24, 2.45) is 0 Å². The van der Waals surface area contributed by atoms with Crippen molar-refractivity contribution in [3.8, 4) is 11.1 Å². The molecular formula is C25H17ClFN3OS. The van der Waals surface area contributed by atoms with E-state index in [1.807, 2.05) is 0 Å². The number of hydrogen-bond acceptors (Lipinski definition) is 2. The summed E-state index contributed by atoms with van der Waals surface area (Å²) in [4.78, 5) is 17.7. The van der Waals surface area contributed by atoms with Gasteiger partial charge in [-0.15, -0.1) is 11.3 Å². The van der Waals surface area contributed by atoms with Crippen LogP contribution in [0.25, 0.3) is 32.1 Å². The standard InChI is InChI=1S/C25H17ClFN3OS/c26-20-9-19-22(10-21(20)27)28-11-23(19)29-25(31)30-12-17-2-1-14(8-18(17)13-30)15-3-4-24-16(7-15)5-6-32-24/h1-11,28H,12-13H2,(H,29,31). The number of hydrogen-bond donors (Lipinski definition) is 2. The number of aromatic amines is 1. The Morgan fingerprint density at radius 1 is 1.03 bits per heavy atom. The van der Waals surface area contributed by atoms with Crippen LogP contribution in [-0.4, -0.2) is 15.9 Å². The first-order valence-electron chi connectivity index (χ1n) is 10.2. The van der Waals surface area contributed by atoms with E-state index >= 15 is 0 Å². The van der Waals surface area contributed by atoms with Crippen molar-refractivity contribution in [3.05, 3.63) is 88.1 Å². The number of carbonyl (C=O) groups is 1. The topological polar surface area (TPSA) is 48.1 Å². The number of nitrogens with zero attached hydrogens (tertiary/aromatic N) is 1.